The number of carboxylic acids is 1. The number of rotatable bonds is 5. The van der Waals surface area contributed by atoms with E-state index in [1.54, 1.807) is 0 Å². The first kappa shape index (κ1) is 14.4. The van der Waals surface area contributed by atoms with E-state index in [0.29, 0.717) is 13.0 Å². The average Bonchev–Trinajstić information content (AvgIpc) is 2.45. The van der Waals surface area contributed by atoms with E-state index in [2.05, 4.69) is 5.32 Å². The zero-order valence-corrected chi connectivity index (χ0v) is 11.6. The van der Waals surface area contributed by atoms with E-state index in [-0.39, 0.29) is 18.4 Å². The summed E-state index contributed by atoms with van der Waals surface area (Å²) in [4.78, 5) is 25.0. The number of carbonyl (C=O) groups excluding carboxylic acids is 1. The van der Waals surface area contributed by atoms with Crippen molar-refractivity contribution in [1.29, 1.82) is 0 Å². The van der Waals surface area contributed by atoms with E-state index in [9.17, 15) is 9.59 Å². The number of carboxylic acid groups (broad SMARTS) is 1. The molecule has 2 N–H and O–H groups in total. The molecular formula is C15H20N2O3. The lowest BCUT2D eigenvalue weighted by atomic mass is 9.89. The maximum atomic E-state index is 12.6. The fourth-order valence-electron chi connectivity index (χ4n) is 2.65. The number of fused-ring (bicyclic) bond motifs is 1. The molecule has 1 unspecified atom stereocenters. The zero-order valence-electron chi connectivity index (χ0n) is 11.6. The number of hydrogen-bond donors (Lipinski definition) is 2. The predicted molar refractivity (Wildman–Crippen MR) is 76.8 cm³/mol. The molecule has 0 aliphatic carbocycles. The summed E-state index contributed by atoms with van der Waals surface area (Å²) in [5, 5.41) is 12.2. The van der Waals surface area contributed by atoms with E-state index in [4.69, 9.17) is 5.11 Å². The lowest BCUT2D eigenvalue weighted by molar-refractivity contribution is -0.145. The van der Waals surface area contributed by atoms with Crippen LogP contribution < -0.4 is 5.32 Å². The smallest absolute Gasteiger partial charge is 0.323 e. The highest BCUT2D eigenvalue weighted by Gasteiger charge is 2.30. The molecule has 1 atom stereocenters. The van der Waals surface area contributed by atoms with Gasteiger partial charge in [-0.05, 0) is 24.5 Å². The highest BCUT2D eigenvalue weighted by molar-refractivity contribution is 5.88. The molecule has 2 rings (SSSR count). The van der Waals surface area contributed by atoms with Crippen molar-refractivity contribution in [3.63, 3.8) is 0 Å². The number of carbonyl (C=O) groups is 2. The number of aliphatic carboxylic acids is 1. The first-order valence-electron chi connectivity index (χ1n) is 6.97. The second kappa shape index (κ2) is 6.41. The van der Waals surface area contributed by atoms with Crippen molar-refractivity contribution in [2.24, 2.45) is 0 Å². The van der Waals surface area contributed by atoms with Crippen LogP contribution in [0, 0.1) is 0 Å². The van der Waals surface area contributed by atoms with Crippen molar-refractivity contribution in [1.82, 2.24) is 4.90 Å². The Morgan fingerprint density at radius 1 is 1.40 bits per heavy atom. The van der Waals surface area contributed by atoms with Gasteiger partial charge in [0.1, 0.15) is 6.54 Å². The van der Waals surface area contributed by atoms with Crippen molar-refractivity contribution >= 4 is 17.6 Å². The van der Waals surface area contributed by atoms with Crippen LogP contribution in [-0.4, -0.2) is 41.5 Å². The van der Waals surface area contributed by atoms with Crippen molar-refractivity contribution in [3.05, 3.63) is 29.8 Å². The average molecular weight is 276 g/mol. The van der Waals surface area contributed by atoms with Crippen molar-refractivity contribution in [2.75, 3.05) is 25.0 Å². The molecule has 5 nitrogen and oxygen atoms in total. The molecule has 108 valence electrons. The summed E-state index contributed by atoms with van der Waals surface area (Å²) in [5.74, 6) is -1.28. The topological polar surface area (TPSA) is 69.6 Å². The maximum Gasteiger partial charge on any atom is 0.323 e. The lowest BCUT2D eigenvalue weighted by Gasteiger charge is -2.30. The third kappa shape index (κ3) is 3.10. The minimum Gasteiger partial charge on any atom is -0.480 e. The molecule has 5 heteroatoms. The Balaban J connectivity index is 2.21. The normalized spacial score (nSPS) is 16.9. The van der Waals surface area contributed by atoms with Gasteiger partial charge in [-0.3, -0.25) is 9.59 Å². The Bertz CT molecular complexity index is 502. The molecule has 1 heterocycles. The Morgan fingerprint density at radius 2 is 2.15 bits per heavy atom. The molecule has 0 fully saturated rings. The maximum absolute atomic E-state index is 12.6. The SMILES string of the molecule is CCCN(CC(=O)O)C(=O)C1CCNc2ccccc21. The van der Waals surface area contributed by atoms with Crippen LogP contribution in [0.5, 0.6) is 0 Å². The van der Waals surface area contributed by atoms with Crippen molar-refractivity contribution in [2.45, 2.75) is 25.7 Å². The van der Waals surface area contributed by atoms with Crippen molar-refractivity contribution in [3.8, 4) is 0 Å². The molecule has 0 bridgehead atoms. The molecule has 0 radical (unpaired) electrons. The number of anilines is 1. The van der Waals surface area contributed by atoms with Gasteiger partial charge in [-0.15, -0.1) is 0 Å². The highest BCUT2D eigenvalue weighted by Crippen LogP contribution is 2.32. The van der Waals surface area contributed by atoms with Crippen LogP contribution in [0.2, 0.25) is 0 Å². The van der Waals surface area contributed by atoms with Gasteiger partial charge in [-0.2, -0.15) is 0 Å². The summed E-state index contributed by atoms with van der Waals surface area (Å²) < 4.78 is 0. The van der Waals surface area contributed by atoms with E-state index in [0.717, 1.165) is 24.2 Å². The number of benzene rings is 1. The van der Waals surface area contributed by atoms with Crippen LogP contribution >= 0.6 is 0 Å². The standard InChI is InChI=1S/C15H20N2O3/c1-2-9-17(10-14(18)19)15(20)12-7-8-16-13-6-4-3-5-11(12)13/h3-6,12,16H,2,7-10H2,1H3,(H,18,19). The van der Waals surface area contributed by atoms with Crippen LogP contribution in [-0.2, 0) is 9.59 Å². The van der Waals surface area contributed by atoms with Crippen molar-refractivity contribution < 1.29 is 14.7 Å². The Kier molecular flexibility index (Phi) is 4.61. The summed E-state index contributed by atoms with van der Waals surface area (Å²) in [5.41, 5.74) is 1.94. The molecular weight excluding hydrogens is 256 g/mol. The molecule has 1 aliphatic rings. The van der Waals surface area contributed by atoms with Gasteiger partial charge in [0.15, 0.2) is 0 Å². The van der Waals surface area contributed by atoms with E-state index < -0.39 is 5.97 Å². The second-order valence-electron chi connectivity index (χ2n) is 5.01. The van der Waals surface area contributed by atoms with E-state index in [1.807, 2.05) is 31.2 Å². The number of para-hydroxylation sites is 1. The third-order valence-electron chi connectivity index (χ3n) is 3.51. The Hall–Kier alpha value is -2.04. The first-order valence-corrected chi connectivity index (χ1v) is 6.97. The summed E-state index contributed by atoms with van der Waals surface area (Å²) >= 11 is 0. The quantitative estimate of drug-likeness (QED) is 0.862. The predicted octanol–water partition coefficient (Wildman–Crippen LogP) is 1.91. The molecule has 0 aromatic heterocycles. The van der Waals surface area contributed by atoms with Crippen LogP contribution in [0.1, 0.15) is 31.2 Å². The second-order valence-corrected chi connectivity index (χ2v) is 5.01. The largest absolute Gasteiger partial charge is 0.480 e. The molecule has 20 heavy (non-hydrogen) atoms. The molecule has 1 amide bonds. The van der Waals surface area contributed by atoms with Crippen LogP contribution in [0.25, 0.3) is 0 Å². The minimum absolute atomic E-state index is 0.0804. The van der Waals surface area contributed by atoms with E-state index >= 15 is 0 Å². The van der Waals surface area contributed by atoms with Gasteiger partial charge in [-0.1, -0.05) is 25.1 Å². The fourth-order valence-corrected chi connectivity index (χ4v) is 2.65. The van der Waals surface area contributed by atoms with Gasteiger partial charge in [0.2, 0.25) is 5.91 Å². The van der Waals surface area contributed by atoms with Gasteiger partial charge >= 0.3 is 5.97 Å². The van der Waals surface area contributed by atoms with E-state index in [1.165, 1.54) is 4.90 Å². The van der Waals surface area contributed by atoms with Crippen LogP contribution in [0.15, 0.2) is 24.3 Å². The van der Waals surface area contributed by atoms with Crippen LogP contribution in [0.4, 0.5) is 5.69 Å². The number of nitrogens with one attached hydrogen (secondary N) is 1. The number of amides is 1. The molecule has 1 aromatic carbocycles. The third-order valence-corrected chi connectivity index (χ3v) is 3.51. The molecule has 0 saturated carbocycles. The van der Waals surface area contributed by atoms with Crippen LogP contribution in [0.3, 0.4) is 0 Å². The minimum atomic E-state index is -0.964. The molecule has 1 aliphatic heterocycles. The first-order chi connectivity index (χ1) is 9.63. The lowest BCUT2D eigenvalue weighted by Crippen LogP contribution is -2.40. The van der Waals surface area contributed by atoms with Gasteiger partial charge in [0.25, 0.3) is 0 Å². The number of hydrogen-bond acceptors (Lipinski definition) is 3. The molecule has 0 saturated heterocycles. The Labute approximate surface area is 118 Å². The molecule has 1 aromatic rings. The highest BCUT2D eigenvalue weighted by atomic mass is 16.4. The summed E-state index contributed by atoms with van der Waals surface area (Å²) in [7, 11) is 0. The monoisotopic (exact) mass is 276 g/mol. The van der Waals surface area contributed by atoms with Gasteiger partial charge < -0.3 is 15.3 Å². The summed E-state index contributed by atoms with van der Waals surface area (Å²) in [6, 6.07) is 7.73. The van der Waals surface area contributed by atoms with Gasteiger partial charge in [0.05, 0.1) is 5.92 Å². The zero-order chi connectivity index (χ0) is 14.5. The fraction of sp³-hybridized carbons (Fsp3) is 0.467. The summed E-state index contributed by atoms with van der Waals surface area (Å²) in [6.07, 6.45) is 1.46. The number of nitrogens with zero attached hydrogens (tertiary/aromatic N) is 1. The van der Waals surface area contributed by atoms with Gasteiger partial charge in [0, 0.05) is 18.8 Å². The molecule has 0 spiro atoms. The Morgan fingerprint density at radius 3 is 2.85 bits per heavy atom. The summed E-state index contributed by atoms with van der Waals surface area (Å²) in [6.45, 7) is 2.94. The van der Waals surface area contributed by atoms with Gasteiger partial charge in [-0.25, -0.2) is 0 Å².